The van der Waals surface area contributed by atoms with Gasteiger partial charge in [-0.3, -0.25) is 9.59 Å². The molecule has 0 saturated carbocycles. The number of rotatable bonds is 5. The van der Waals surface area contributed by atoms with Crippen molar-refractivity contribution in [1.82, 2.24) is 4.98 Å². The van der Waals surface area contributed by atoms with Crippen molar-refractivity contribution in [1.29, 1.82) is 0 Å². The number of amides is 1. The second-order valence-corrected chi connectivity index (χ2v) is 9.52. The minimum atomic E-state index is -0.296. The van der Waals surface area contributed by atoms with E-state index in [1.54, 1.807) is 11.0 Å². The molecule has 0 atom stereocenters. The van der Waals surface area contributed by atoms with Crippen LogP contribution in [0, 0.1) is 5.92 Å². The van der Waals surface area contributed by atoms with Gasteiger partial charge in [0.05, 0.1) is 11.1 Å². The lowest BCUT2D eigenvalue weighted by atomic mass is 9.97. The van der Waals surface area contributed by atoms with Gasteiger partial charge in [0.25, 0.3) is 0 Å². The first-order valence-electron chi connectivity index (χ1n) is 11.2. The SMILES string of the molecule is CC(C)C(=O)c1oc2nc(-c3ccccc3Cl)c(-c3ccc(Cl)cc3)cc2c1N1CCCC1=O. The van der Waals surface area contributed by atoms with E-state index in [2.05, 4.69) is 0 Å². The van der Waals surface area contributed by atoms with Crippen LogP contribution in [-0.2, 0) is 4.79 Å². The zero-order valence-corrected chi connectivity index (χ0v) is 20.3. The number of Topliss-reactive ketones (excluding diaryl/α,β-unsaturated/α-hetero) is 1. The lowest BCUT2D eigenvalue weighted by Gasteiger charge is -2.17. The molecule has 2 aromatic heterocycles. The quantitative estimate of drug-likeness (QED) is 0.271. The van der Waals surface area contributed by atoms with Crippen molar-refractivity contribution in [3.05, 3.63) is 70.4 Å². The third-order valence-corrected chi connectivity index (χ3v) is 6.61. The Hall–Kier alpha value is -3.15. The molecule has 0 spiro atoms. The van der Waals surface area contributed by atoms with E-state index < -0.39 is 0 Å². The van der Waals surface area contributed by atoms with E-state index in [-0.39, 0.29) is 23.4 Å². The molecule has 5 nitrogen and oxygen atoms in total. The maximum Gasteiger partial charge on any atom is 0.229 e. The van der Waals surface area contributed by atoms with Crippen molar-refractivity contribution < 1.29 is 14.0 Å². The predicted octanol–water partition coefficient (Wildman–Crippen LogP) is 7.43. The highest BCUT2D eigenvalue weighted by molar-refractivity contribution is 6.33. The Morgan fingerprint density at radius 1 is 1.06 bits per heavy atom. The Kier molecular flexibility index (Phi) is 5.92. The molecule has 0 bridgehead atoms. The summed E-state index contributed by atoms with van der Waals surface area (Å²) in [5, 5.41) is 1.79. The molecule has 172 valence electrons. The number of furan rings is 1. The van der Waals surface area contributed by atoms with Gasteiger partial charge in [-0.1, -0.05) is 67.4 Å². The summed E-state index contributed by atoms with van der Waals surface area (Å²) in [5.41, 5.74) is 3.84. The molecule has 34 heavy (non-hydrogen) atoms. The van der Waals surface area contributed by atoms with Crippen LogP contribution in [0.3, 0.4) is 0 Å². The number of halogens is 2. The molecule has 0 aliphatic carbocycles. The van der Waals surface area contributed by atoms with Crippen LogP contribution >= 0.6 is 23.2 Å². The summed E-state index contributed by atoms with van der Waals surface area (Å²) in [6, 6.07) is 16.8. The first kappa shape index (κ1) is 22.6. The molecule has 0 unspecified atom stereocenters. The van der Waals surface area contributed by atoms with Crippen molar-refractivity contribution in [2.45, 2.75) is 26.7 Å². The van der Waals surface area contributed by atoms with Gasteiger partial charge in [0.2, 0.25) is 17.4 Å². The van der Waals surface area contributed by atoms with Gasteiger partial charge in [0.1, 0.15) is 5.69 Å². The fourth-order valence-corrected chi connectivity index (χ4v) is 4.65. The standard InChI is InChI=1S/C27H22Cl2N2O3/c1-15(2)25(33)26-24(31-13-5-8-22(31)32)20-14-19(16-9-11-17(28)12-10-16)23(30-27(20)34-26)18-6-3-4-7-21(18)29/h3-4,6-7,9-12,14-15H,5,8,13H2,1-2H3. The molecule has 3 heterocycles. The number of hydrogen-bond acceptors (Lipinski definition) is 4. The Balaban J connectivity index is 1.85. The second kappa shape index (κ2) is 8.90. The Morgan fingerprint density at radius 3 is 2.44 bits per heavy atom. The van der Waals surface area contributed by atoms with Crippen LogP contribution in [0.2, 0.25) is 10.0 Å². The van der Waals surface area contributed by atoms with Gasteiger partial charge in [-0.15, -0.1) is 0 Å². The largest absolute Gasteiger partial charge is 0.432 e. The highest BCUT2D eigenvalue weighted by atomic mass is 35.5. The van der Waals surface area contributed by atoms with Gasteiger partial charge in [-0.25, -0.2) is 4.98 Å². The summed E-state index contributed by atoms with van der Waals surface area (Å²) in [6.07, 6.45) is 1.17. The van der Waals surface area contributed by atoms with Gasteiger partial charge in [-0.05, 0) is 36.2 Å². The molecule has 0 radical (unpaired) electrons. The molecule has 1 saturated heterocycles. The zero-order chi connectivity index (χ0) is 24.0. The first-order valence-corrected chi connectivity index (χ1v) is 11.9. The average molecular weight is 493 g/mol. The molecule has 0 N–H and O–H groups in total. The normalized spacial score (nSPS) is 13.9. The number of carbonyl (C=O) groups excluding carboxylic acids is 2. The van der Waals surface area contributed by atoms with E-state index >= 15 is 0 Å². The van der Waals surface area contributed by atoms with Crippen LogP contribution in [0.1, 0.15) is 37.2 Å². The maximum atomic E-state index is 13.1. The average Bonchev–Trinajstić information content (AvgIpc) is 3.40. The summed E-state index contributed by atoms with van der Waals surface area (Å²) in [7, 11) is 0. The Labute approximate surface area is 207 Å². The van der Waals surface area contributed by atoms with Crippen LogP contribution in [0.25, 0.3) is 33.5 Å². The van der Waals surface area contributed by atoms with Crippen molar-refractivity contribution in [2.24, 2.45) is 5.92 Å². The number of carbonyl (C=O) groups is 2. The van der Waals surface area contributed by atoms with Gasteiger partial charge in [0, 0.05) is 40.1 Å². The number of ketones is 1. The third-order valence-electron chi connectivity index (χ3n) is 6.03. The van der Waals surface area contributed by atoms with E-state index in [0.717, 1.165) is 23.1 Å². The Bertz CT molecular complexity index is 1420. The van der Waals surface area contributed by atoms with Crippen LogP contribution < -0.4 is 4.90 Å². The highest BCUT2D eigenvalue weighted by Gasteiger charge is 2.33. The van der Waals surface area contributed by atoms with Crippen molar-refractivity contribution in [3.8, 4) is 22.4 Å². The van der Waals surface area contributed by atoms with Crippen molar-refractivity contribution >= 4 is 51.7 Å². The number of fused-ring (bicyclic) bond motifs is 1. The number of hydrogen-bond donors (Lipinski definition) is 0. The summed E-state index contributed by atoms with van der Waals surface area (Å²) < 4.78 is 6.08. The number of aromatic nitrogens is 1. The van der Waals surface area contributed by atoms with E-state index in [9.17, 15) is 9.59 Å². The summed E-state index contributed by atoms with van der Waals surface area (Å²) in [6.45, 7) is 4.16. The fourth-order valence-electron chi connectivity index (χ4n) is 4.30. The van der Waals surface area contributed by atoms with E-state index in [0.29, 0.717) is 45.5 Å². The molecule has 1 amide bonds. The van der Waals surface area contributed by atoms with Gasteiger partial charge >= 0.3 is 0 Å². The maximum absolute atomic E-state index is 13.1. The lowest BCUT2D eigenvalue weighted by molar-refractivity contribution is -0.117. The number of anilines is 1. The summed E-state index contributed by atoms with van der Waals surface area (Å²) in [4.78, 5) is 32.3. The van der Waals surface area contributed by atoms with Gasteiger partial charge < -0.3 is 9.32 Å². The molecule has 2 aromatic carbocycles. The van der Waals surface area contributed by atoms with Gasteiger partial charge in [-0.2, -0.15) is 0 Å². The number of pyridine rings is 1. The molecule has 1 fully saturated rings. The predicted molar refractivity (Wildman–Crippen MR) is 136 cm³/mol. The number of benzene rings is 2. The Morgan fingerprint density at radius 2 is 1.79 bits per heavy atom. The molecular formula is C27H22Cl2N2O3. The third kappa shape index (κ3) is 3.89. The molecular weight excluding hydrogens is 471 g/mol. The monoisotopic (exact) mass is 492 g/mol. The van der Waals surface area contributed by atoms with Gasteiger partial charge in [0.15, 0.2) is 5.76 Å². The van der Waals surface area contributed by atoms with E-state index in [1.165, 1.54) is 0 Å². The molecule has 7 heteroatoms. The second-order valence-electron chi connectivity index (χ2n) is 8.67. The summed E-state index contributed by atoms with van der Waals surface area (Å²) >= 11 is 12.7. The highest BCUT2D eigenvalue weighted by Crippen LogP contribution is 2.43. The zero-order valence-electron chi connectivity index (χ0n) is 18.8. The smallest absolute Gasteiger partial charge is 0.229 e. The van der Waals surface area contributed by atoms with E-state index in [1.807, 2.05) is 62.4 Å². The van der Waals surface area contributed by atoms with Crippen molar-refractivity contribution in [3.63, 3.8) is 0 Å². The molecule has 1 aliphatic heterocycles. The van der Waals surface area contributed by atoms with Crippen molar-refractivity contribution in [2.75, 3.05) is 11.4 Å². The first-order chi connectivity index (χ1) is 16.3. The summed E-state index contributed by atoms with van der Waals surface area (Å²) in [5.74, 6) is -0.314. The minimum absolute atomic E-state index is 0.0243. The topological polar surface area (TPSA) is 63.4 Å². The van der Waals surface area contributed by atoms with Crippen LogP contribution in [0.5, 0.6) is 0 Å². The van der Waals surface area contributed by atoms with Crippen LogP contribution in [0.4, 0.5) is 5.69 Å². The number of nitrogens with zero attached hydrogens (tertiary/aromatic N) is 2. The minimum Gasteiger partial charge on any atom is -0.432 e. The molecule has 5 rings (SSSR count). The van der Waals surface area contributed by atoms with Crippen LogP contribution in [0.15, 0.2) is 59.0 Å². The van der Waals surface area contributed by atoms with E-state index in [4.69, 9.17) is 32.6 Å². The molecule has 1 aliphatic rings. The van der Waals surface area contributed by atoms with Crippen LogP contribution in [-0.4, -0.2) is 23.2 Å². The fraction of sp³-hybridized carbons (Fsp3) is 0.222. The lowest BCUT2D eigenvalue weighted by Crippen LogP contribution is -2.25. The molecule has 4 aromatic rings.